The molecule has 150 valence electrons. The molecule has 8 nitrogen and oxygen atoms in total. The SMILES string of the molecule is O=C(NC(=S)Nc1ccccc1C(=O)N1CCCCC1)c1ccc([N+](=O)[O-])cc1. The summed E-state index contributed by atoms with van der Waals surface area (Å²) in [4.78, 5) is 37.1. The number of anilines is 1. The molecule has 0 radical (unpaired) electrons. The van der Waals surface area contributed by atoms with E-state index < -0.39 is 10.8 Å². The molecule has 2 aromatic carbocycles. The third kappa shape index (κ3) is 5.14. The van der Waals surface area contributed by atoms with Gasteiger partial charge in [0.1, 0.15) is 0 Å². The Hall–Kier alpha value is -3.33. The number of likely N-dealkylation sites (tertiary alicyclic amines) is 1. The van der Waals surface area contributed by atoms with E-state index in [4.69, 9.17) is 12.2 Å². The van der Waals surface area contributed by atoms with Gasteiger partial charge in [0.15, 0.2) is 5.11 Å². The molecule has 0 spiro atoms. The number of para-hydroxylation sites is 1. The first-order valence-corrected chi connectivity index (χ1v) is 9.61. The van der Waals surface area contributed by atoms with E-state index in [1.54, 1.807) is 24.3 Å². The number of nitrogens with zero attached hydrogens (tertiary/aromatic N) is 2. The van der Waals surface area contributed by atoms with E-state index in [9.17, 15) is 19.7 Å². The normalized spacial score (nSPS) is 13.4. The largest absolute Gasteiger partial charge is 0.339 e. The van der Waals surface area contributed by atoms with Gasteiger partial charge in [0, 0.05) is 30.8 Å². The fourth-order valence-corrected chi connectivity index (χ4v) is 3.31. The molecule has 1 fully saturated rings. The first-order valence-electron chi connectivity index (χ1n) is 9.21. The van der Waals surface area contributed by atoms with Crippen LogP contribution in [0.3, 0.4) is 0 Å². The van der Waals surface area contributed by atoms with Crippen molar-refractivity contribution < 1.29 is 14.5 Å². The van der Waals surface area contributed by atoms with E-state index in [0.717, 1.165) is 32.4 Å². The molecular weight excluding hydrogens is 392 g/mol. The topological polar surface area (TPSA) is 105 Å². The summed E-state index contributed by atoms with van der Waals surface area (Å²) in [5, 5.41) is 16.2. The molecule has 1 heterocycles. The van der Waals surface area contributed by atoms with Crippen molar-refractivity contribution in [2.45, 2.75) is 19.3 Å². The van der Waals surface area contributed by atoms with E-state index in [-0.39, 0.29) is 22.3 Å². The maximum atomic E-state index is 12.8. The summed E-state index contributed by atoms with van der Waals surface area (Å²) in [7, 11) is 0. The summed E-state index contributed by atoms with van der Waals surface area (Å²) in [5.74, 6) is -0.575. The second-order valence-corrected chi connectivity index (χ2v) is 7.02. The molecule has 0 aromatic heterocycles. The number of amides is 2. The van der Waals surface area contributed by atoms with Crippen molar-refractivity contribution in [2.24, 2.45) is 0 Å². The van der Waals surface area contributed by atoms with Crippen LogP contribution in [0.1, 0.15) is 40.0 Å². The first kappa shape index (κ1) is 20.4. The van der Waals surface area contributed by atoms with Gasteiger partial charge in [0.2, 0.25) is 0 Å². The second kappa shape index (κ2) is 9.24. The molecule has 29 heavy (non-hydrogen) atoms. The lowest BCUT2D eigenvalue weighted by Crippen LogP contribution is -2.37. The van der Waals surface area contributed by atoms with Gasteiger partial charge in [-0.2, -0.15) is 0 Å². The highest BCUT2D eigenvalue weighted by Crippen LogP contribution is 2.20. The fourth-order valence-electron chi connectivity index (χ4n) is 3.11. The molecule has 0 saturated carbocycles. The molecule has 2 N–H and O–H groups in total. The van der Waals surface area contributed by atoms with Crippen LogP contribution in [0.25, 0.3) is 0 Å². The van der Waals surface area contributed by atoms with Gasteiger partial charge in [-0.1, -0.05) is 12.1 Å². The maximum Gasteiger partial charge on any atom is 0.269 e. The Bertz CT molecular complexity index is 940. The standard InChI is InChI=1S/C20H20N4O4S/c25-18(14-8-10-15(11-9-14)24(27)28)22-20(29)21-17-7-3-2-6-16(17)19(26)23-12-4-1-5-13-23/h2-3,6-11H,1,4-5,12-13H2,(H2,21,22,25,29). The second-order valence-electron chi connectivity index (χ2n) is 6.61. The minimum atomic E-state index is -0.538. The number of hydrogen-bond acceptors (Lipinski definition) is 5. The van der Waals surface area contributed by atoms with Crippen molar-refractivity contribution in [2.75, 3.05) is 18.4 Å². The third-order valence-electron chi connectivity index (χ3n) is 4.62. The average Bonchev–Trinajstić information content (AvgIpc) is 2.74. The predicted molar refractivity (Wildman–Crippen MR) is 113 cm³/mol. The number of nitro benzene ring substituents is 1. The molecule has 1 aliphatic heterocycles. The summed E-state index contributed by atoms with van der Waals surface area (Å²) < 4.78 is 0. The summed E-state index contributed by atoms with van der Waals surface area (Å²) in [5.41, 5.74) is 1.13. The van der Waals surface area contributed by atoms with Gasteiger partial charge in [0.05, 0.1) is 16.2 Å². The number of rotatable bonds is 4. The number of non-ortho nitro benzene ring substituents is 1. The van der Waals surface area contributed by atoms with Crippen molar-refractivity contribution in [3.63, 3.8) is 0 Å². The van der Waals surface area contributed by atoms with Crippen LogP contribution in [0.2, 0.25) is 0 Å². The number of nitrogens with one attached hydrogen (secondary N) is 2. The van der Waals surface area contributed by atoms with E-state index in [2.05, 4.69) is 10.6 Å². The number of piperidine rings is 1. The Morgan fingerprint density at radius 3 is 2.31 bits per heavy atom. The quantitative estimate of drug-likeness (QED) is 0.453. The minimum Gasteiger partial charge on any atom is -0.339 e. The molecule has 1 aliphatic rings. The molecule has 0 unspecified atom stereocenters. The Labute approximate surface area is 173 Å². The lowest BCUT2D eigenvalue weighted by Gasteiger charge is -2.27. The molecule has 3 rings (SSSR count). The van der Waals surface area contributed by atoms with Crippen molar-refractivity contribution in [1.82, 2.24) is 10.2 Å². The van der Waals surface area contributed by atoms with Gasteiger partial charge < -0.3 is 10.2 Å². The van der Waals surface area contributed by atoms with Crippen LogP contribution in [0.15, 0.2) is 48.5 Å². The zero-order valence-corrected chi connectivity index (χ0v) is 16.4. The highest BCUT2D eigenvalue weighted by molar-refractivity contribution is 7.80. The maximum absolute atomic E-state index is 12.8. The highest BCUT2D eigenvalue weighted by atomic mass is 32.1. The fraction of sp³-hybridized carbons (Fsp3) is 0.250. The average molecular weight is 412 g/mol. The molecule has 0 aliphatic carbocycles. The Balaban J connectivity index is 1.66. The third-order valence-corrected chi connectivity index (χ3v) is 4.82. The van der Waals surface area contributed by atoms with Crippen LogP contribution in [-0.4, -0.2) is 39.8 Å². The molecule has 0 bridgehead atoms. The minimum absolute atomic E-state index is 0.0345. The lowest BCUT2D eigenvalue weighted by molar-refractivity contribution is -0.384. The highest BCUT2D eigenvalue weighted by Gasteiger charge is 2.21. The Morgan fingerprint density at radius 2 is 1.66 bits per heavy atom. The van der Waals surface area contributed by atoms with Gasteiger partial charge in [-0.15, -0.1) is 0 Å². The van der Waals surface area contributed by atoms with Gasteiger partial charge in [-0.05, 0) is 55.7 Å². The molecule has 0 atom stereocenters. The van der Waals surface area contributed by atoms with Gasteiger partial charge >= 0.3 is 0 Å². The smallest absolute Gasteiger partial charge is 0.269 e. The van der Waals surface area contributed by atoms with Crippen molar-refractivity contribution in [3.05, 3.63) is 69.8 Å². The van der Waals surface area contributed by atoms with Gasteiger partial charge in [-0.3, -0.25) is 25.0 Å². The number of nitro groups is 1. The van der Waals surface area contributed by atoms with Crippen molar-refractivity contribution >= 4 is 40.5 Å². The summed E-state index contributed by atoms with van der Waals surface area (Å²) in [6.45, 7) is 1.46. The Morgan fingerprint density at radius 1 is 1.00 bits per heavy atom. The van der Waals surface area contributed by atoms with Crippen molar-refractivity contribution in [3.8, 4) is 0 Å². The van der Waals surface area contributed by atoms with E-state index in [0.29, 0.717) is 11.3 Å². The number of thiocarbonyl (C=S) groups is 1. The first-order chi connectivity index (χ1) is 14.0. The number of carbonyl (C=O) groups excluding carboxylic acids is 2. The molecule has 1 saturated heterocycles. The van der Waals surface area contributed by atoms with Crippen LogP contribution < -0.4 is 10.6 Å². The monoisotopic (exact) mass is 412 g/mol. The van der Waals surface area contributed by atoms with Gasteiger partial charge in [0.25, 0.3) is 17.5 Å². The predicted octanol–water partition coefficient (Wildman–Crippen LogP) is 3.35. The zero-order chi connectivity index (χ0) is 20.8. The van der Waals surface area contributed by atoms with Crippen LogP contribution in [-0.2, 0) is 0 Å². The van der Waals surface area contributed by atoms with Crippen LogP contribution in [0.5, 0.6) is 0 Å². The number of benzene rings is 2. The van der Waals surface area contributed by atoms with E-state index >= 15 is 0 Å². The number of carbonyl (C=O) groups is 2. The molecule has 2 aromatic rings. The van der Waals surface area contributed by atoms with Crippen molar-refractivity contribution in [1.29, 1.82) is 0 Å². The van der Waals surface area contributed by atoms with Crippen LogP contribution in [0, 0.1) is 10.1 Å². The summed E-state index contributed by atoms with van der Waals surface area (Å²) >= 11 is 5.21. The lowest BCUT2D eigenvalue weighted by atomic mass is 10.1. The van der Waals surface area contributed by atoms with E-state index in [1.165, 1.54) is 24.3 Å². The molecular formula is C20H20N4O4S. The Kier molecular flexibility index (Phi) is 6.50. The van der Waals surface area contributed by atoms with Crippen LogP contribution >= 0.6 is 12.2 Å². The number of hydrogen-bond donors (Lipinski definition) is 2. The molecule has 2 amide bonds. The van der Waals surface area contributed by atoms with Gasteiger partial charge in [-0.25, -0.2) is 0 Å². The van der Waals surface area contributed by atoms with E-state index in [1.807, 2.05) is 4.90 Å². The van der Waals surface area contributed by atoms with Crippen LogP contribution in [0.4, 0.5) is 11.4 Å². The summed E-state index contributed by atoms with van der Waals surface area (Å²) in [6, 6.07) is 12.2. The zero-order valence-electron chi connectivity index (χ0n) is 15.6. The molecule has 9 heteroatoms. The summed E-state index contributed by atoms with van der Waals surface area (Å²) in [6.07, 6.45) is 3.11.